The Labute approximate surface area is 172 Å². The fourth-order valence-electron chi connectivity index (χ4n) is 4.50. The average molecular weight is 423 g/mol. The zero-order valence-electron chi connectivity index (χ0n) is 16.8. The van der Waals surface area contributed by atoms with Gasteiger partial charge in [-0.3, -0.25) is 9.48 Å². The average Bonchev–Trinajstić information content (AvgIpc) is 3.32. The van der Waals surface area contributed by atoms with Crippen LogP contribution in [0.15, 0.2) is 30.5 Å². The number of aromatic nitrogens is 2. The number of anilines is 1. The Bertz CT molecular complexity index is 956. The standard InChI is InChI=1S/C21H24F3N3O3/c1-10(2)27-9-14(11(3)26-27)17-18(16-8-15(28)19(17)30-16)20(29)25-13-6-4-5-12(7-13)21(22,23)24/h4-7,9-10,15-19,28H,8H2,1-3H3,(H,25,29)/t15-,16+,17+,18-,19-/m0/s1. The van der Waals surface area contributed by atoms with Crippen molar-refractivity contribution < 1.29 is 27.8 Å². The second kappa shape index (κ2) is 7.39. The molecule has 30 heavy (non-hydrogen) atoms. The Morgan fingerprint density at radius 2 is 2.10 bits per heavy atom. The van der Waals surface area contributed by atoms with Crippen LogP contribution in [0.5, 0.6) is 0 Å². The molecule has 0 saturated carbocycles. The van der Waals surface area contributed by atoms with Crippen LogP contribution >= 0.6 is 0 Å². The molecular formula is C21H24F3N3O3. The lowest BCUT2D eigenvalue weighted by atomic mass is 9.74. The van der Waals surface area contributed by atoms with Gasteiger partial charge in [-0.2, -0.15) is 18.3 Å². The Morgan fingerprint density at radius 1 is 1.37 bits per heavy atom. The molecule has 0 radical (unpaired) electrons. The number of rotatable bonds is 4. The highest BCUT2D eigenvalue weighted by Crippen LogP contribution is 2.50. The molecule has 6 nitrogen and oxygen atoms in total. The van der Waals surface area contributed by atoms with Crippen LogP contribution in [0.3, 0.4) is 0 Å². The molecule has 0 aliphatic carbocycles. The van der Waals surface area contributed by atoms with Gasteiger partial charge in [0, 0.05) is 30.3 Å². The maximum absolute atomic E-state index is 13.1. The first-order chi connectivity index (χ1) is 14.1. The number of hydrogen-bond donors (Lipinski definition) is 2. The van der Waals surface area contributed by atoms with Gasteiger partial charge in [0.15, 0.2) is 0 Å². The molecule has 1 aromatic carbocycles. The third-order valence-electron chi connectivity index (χ3n) is 5.93. The lowest BCUT2D eigenvalue weighted by Gasteiger charge is -2.29. The van der Waals surface area contributed by atoms with Crippen molar-refractivity contribution in [1.82, 2.24) is 9.78 Å². The lowest BCUT2D eigenvalue weighted by Crippen LogP contribution is -2.41. The summed E-state index contributed by atoms with van der Waals surface area (Å²) in [6, 6.07) is 4.68. The molecule has 2 saturated heterocycles. The van der Waals surface area contributed by atoms with E-state index in [0.29, 0.717) is 6.42 Å². The number of alkyl halides is 3. The summed E-state index contributed by atoms with van der Waals surface area (Å²) in [5.74, 6) is -1.47. The summed E-state index contributed by atoms with van der Waals surface area (Å²) in [6.45, 7) is 5.81. The van der Waals surface area contributed by atoms with Gasteiger partial charge in [0.25, 0.3) is 0 Å². The highest BCUT2D eigenvalue weighted by Gasteiger charge is 2.57. The topological polar surface area (TPSA) is 76.4 Å². The third-order valence-corrected chi connectivity index (χ3v) is 5.93. The largest absolute Gasteiger partial charge is 0.416 e. The first kappa shape index (κ1) is 20.9. The van der Waals surface area contributed by atoms with Crippen LogP contribution in [-0.4, -0.2) is 39.1 Å². The number of fused-ring (bicyclic) bond motifs is 2. The van der Waals surface area contributed by atoms with E-state index in [0.717, 1.165) is 23.4 Å². The highest BCUT2D eigenvalue weighted by atomic mass is 19.4. The van der Waals surface area contributed by atoms with Crippen molar-refractivity contribution in [3.8, 4) is 0 Å². The summed E-state index contributed by atoms with van der Waals surface area (Å²) < 4.78 is 46.7. The fourth-order valence-corrected chi connectivity index (χ4v) is 4.50. The fraction of sp³-hybridized carbons (Fsp3) is 0.524. The number of hydrogen-bond acceptors (Lipinski definition) is 4. The van der Waals surface area contributed by atoms with Gasteiger partial charge in [0.1, 0.15) is 0 Å². The Balaban J connectivity index is 1.63. The number of nitrogens with zero attached hydrogens (tertiary/aromatic N) is 2. The molecule has 5 atom stereocenters. The van der Waals surface area contributed by atoms with Gasteiger partial charge in [0.05, 0.1) is 35.5 Å². The zero-order chi connectivity index (χ0) is 21.8. The molecule has 4 rings (SSSR count). The van der Waals surface area contributed by atoms with Gasteiger partial charge < -0.3 is 15.2 Å². The van der Waals surface area contributed by atoms with Crippen LogP contribution < -0.4 is 5.32 Å². The summed E-state index contributed by atoms with van der Waals surface area (Å²) in [5, 5.41) is 17.5. The number of carbonyl (C=O) groups excluding carboxylic acids is 1. The molecule has 2 bridgehead atoms. The lowest BCUT2D eigenvalue weighted by molar-refractivity contribution is -0.137. The van der Waals surface area contributed by atoms with Crippen molar-refractivity contribution in [3.63, 3.8) is 0 Å². The predicted octanol–water partition coefficient (Wildman–Crippen LogP) is 3.66. The third kappa shape index (κ3) is 3.60. The molecule has 0 spiro atoms. The van der Waals surface area contributed by atoms with E-state index in [1.807, 2.05) is 27.0 Å². The number of aliphatic hydroxyl groups is 1. The molecule has 0 unspecified atom stereocenters. The van der Waals surface area contributed by atoms with Gasteiger partial charge in [0.2, 0.25) is 5.91 Å². The van der Waals surface area contributed by atoms with Crippen LogP contribution in [0.4, 0.5) is 18.9 Å². The van der Waals surface area contributed by atoms with Crippen LogP contribution in [0.1, 0.15) is 49.0 Å². The highest BCUT2D eigenvalue weighted by molar-refractivity contribution is 5.94. The molecule has 2 aliphatic rings. The first-order valence-electron chi connectivity index (χ1n) is 9.93. The molecule has 1 amide bonds. The molecule has 2 aliphatic heterocycles. The summed E-state index contributed by atoms with van der Waals surface area (Å²) in [4.78, 5) is 13.1. The maximum Gasteiger partial charge on any atom is 0.416 e. The number of aliphatic hydroxyl groups excluding tert-OH is 1. The van der Waals surface area contributed by atoms with Crippen LogP contribution in [0, 0.1) is 12.8 Å². The molecule has 2 N–H and O–H groups in total. The molecule has 3 heterocycles. The van der Waals surface area contributed by atoms with E-state index in [9.17, 15) is 23.1 Å². The Hall–Kier alpha value is -2.39. The van der Waals surface area contributed by atoms with Crippen LogP contribution in [0.2, 0.25) is 0 Å². The van der Waals surface area contributed by atoms with Crippen molar-refractivity contribution >= 4 is 11.6 Å². The second-order valence-corrected chi connectivity index (χ2v) is 8.31. The van der Waals surface area contributed by atoms with Gasteiger partial charge in [-0.1, -0.05) is 6.07 Å². The first-order valence-corrected chi connectivity index (χ1v) is 9.93. The minimum Gasteiger partial charge on any atom is -0.390 e. The van der Waals surface area contributed by atoms with E-state index in [2.05, 4.69) is 10.4 Å². The van der Waals surface area contributed by atoms with Crippen molar-refractivity contribution in [2.45, 2.75) is 63.6 Å². The van der Waals surface area contributed by atoms with Crippen LogP contribution in [-0.2, 0) is 15.7 Å². The Kier molecular flexibility index (Phi) is 5.14. The van der Waals surface area contributed by atoms with E-state index in [4.69, 9.17) is 4.74 Å². The summed E-state index contributed by atoms with van der Waals surface area (Å²) in [7, 11) is 0. The predicted molar refractivity (Wildman–Crippen MR) is 103 cm³/mol. The van der Waals surface area contributed by atoms with Crippen molar-refractivity contribution in [3.05, 3.63) is 47.3 Å². The normalized spacial score (nSPS) is 28.3. The van der Waals surface area contributed by atoms with Gasteiger partial charge in [-0.25, -0.2) is 0 Å². The van der Waals surface area contributed by atoms with E-state index in [-0.39, 0.29) is 11.7 Å². The number of nitrogens with one attached hydrogen (secondary N) is 1. The summed E-state index contributed by atoms with van der Waals surface area (Å²) in [6.07, 6.45) is -4.05. The van der Waals surface area contributed by atoms with Crippen molar-refractivity contribution in [2.75, 3.05) is 5.32 Å². The van der Waals surface area contributed by atoms with Crippen molar-refractivity contribution in [1.29, 1.82) is 0 Å². The van der Waals surface area contributed by atoms with Crippen molar-refractivity contribution in [2.24, 2.45) is 5.92 Å². The van der Waals surface area contributed by atoms with E-state index in [1.54, 1.807) is 4.68 Å². The number of benzene rings is 1. The number of halogens is 3. The maximum atomic E-state index is 13.1. The van der Waals surface area contributed by atoms with Gasteiger partial charge in [-0.05, 0) is 44.5 Å². The minimum absolute atomic E-state index is 0.0755. The quantitative estimate of drug-likeness (QED) is 0.787. The molecular weight excluding hydrogens is 399 g/mol. The molecule has 2 fully saturated rings. The summed E-state index contributed by atoms with van der Waals surface area (Å²) in [5.41, 5.74) is 0.810. The number of aryl methyl sites for hydroxylation is 1. The Morgan fingerprint density at radius 3 is 2.73 bits per heavy atom. The number of carbonyl (C=O) groups is 1. The molecule has 2 aromatic rings. The number of ether oxygens (including phenoxy) is 1. The monoisotopic (exact) mass is 423 g/mol. The zero-order valence-corrected chi connectivity index (χ0v) is 16.8. The van der Waals surface area contributed by atoms with E-state index >= 15 is 0 Å². The van der Waals surface area contributed by atoms with Crippen LogP contribution in [0.25, 0.3) is 0 Å². The molecule has 1 aromatic heterocycles. The summed E-state index contributed by atoms with van der Waals surface area (Å²) >= 11 is 0. The van der Waals surface area contributed by atoms with E-state index < -0.39 is 47.8 Å². The SMILES string of the molecule is Cc1nn(C(C)C)cc1[C@H]1[C@H]2O[C@H](C[C@@H]2O)[C@@H]1C(=O)Nc1cccc(C(F)(F)F)c1. The van der Waals surface area contributed by atoms with E-state index in [1.165, 1.54) is 12.1 Å². The number of amides is 1. The van der Waals surface area contributed by atoms with Gasteiger partial charge in [-0.15, -0.1) is 0 Å². The smallest absolute Gasteiger partial charge is 0.390 e. The van der Waals surface area contributed by atoms with Gasteiger partial charge >= 0.3 is 6.18 Å². The minimum atomic E-state index is -4.49. The second-order valence-electron chi connectivity index (χ2n) is 8.31. The molecule has 9 heteroatoms. The molecule has 162 valence electrons.